The summed E-state index contributed by atoms with van der Waals surface area (Å²) in [6.45, 7) is 1.92. The molecule has 2 N–H and O–H groups in total. The van der Waals surface area contributed by atoms with Crippen molar-refractivity contribution in [3.63, 3.8) is 0 Å². The SMILES string of the molecule is Cc1ccc(C(=O)Nc2ccc(F)cc2C(=O)Nc2ccccn2)cc1. The molecular weight excluding hydrogens is 333 g/mol. The van der Waals surface area contributed by atoms with E-state index in [0.717, 1.165) is 11.6 Å². The Kier molecular flexibility index (Phi) is 5.03. The second kappa shape index (κ2) is 7.57. The third-order valence-corrected chi connectivity index (χ3v) is 3.69. The van der Waals surface area contributed by atoms with E-state index in [-0.39, 0.29) is 17.2 Å². The number of carbonyl (C=O) groups is 2. The Morgan fingerprint density at radius 2 is 1.69 bits per heavy atom. The molecule has 0 atom stereocenters. The number of aromatic nitrogens is 1. The molecule has 3 rings (SSSR count). The molecule has 1 aromatic heterocycles. The van der Waals surface area contributed by atoms with Crippen LogP contribution in [-0.2, 0) is 0 Å². The van der Waals surface area contributed by atoms with Gasteiger partial charge in [0.05, 0.1) is 11.3 Å². The predicted molar refractivity (Wildman–Crippen MR) is 97.7 cm³/mol. The van der Waals surface area contributed by atoms with E-state index in [2.05, 4.69) is 15.6 Å². The summed E-state index contributed by atoms with van der Waals surface area (Å²) in [5.74, 6) is -1.20. The van der Waals surface area contributed by atoms with Gasteiger partial charge in [0.1, 0.15) is 11.6 Å². The highest BCUT2D eigenvalue weighted by Crippen LogP contribution is 2.20. The molecular formula is C20H16FN3O2. The van der Waals surface area contributed by atoms with Crippen molar-refractivity contribution < 1.29 is 14.0 Å². The minimum Gasteiger partial charge on any atom is -0.321 e. The average molecular weight is 349 g/mol. The van der Waals surface area contributed by atoms with E-state index in [0.29, 0.717) is 11.4 Å². The van der Waals surface area contributed by atoms with Gasteiger partial charge in [-0.3, -0.25) is 9.59 Å². The molecule has 0 unspecified atom stereocenters. The lowest BCUT2D eigenvalue weighted by atomic mass is 10.1. The number of carbonyl (C=O) groups excluding carboxylic acids is 2. The van der Waals surface area contributed by atoms with Crippen LogP contribution in [0, 0.1) is 12.7 Å². The third kappa shape index (κ3) is 4.10. The average Bonchev–Trinajstić information content (AvgIpc) is 2.64. The number of rotatable bonds is 4. The highest BCUT2D eigenvalue weighted by atomic mass is 19.1. The minimum atomic E-state index is -0.579. The zero-order valence-corrected chi connectivity index (χ0v) is 14.0. The zero-order chi connectivity index (χ0) is 18.5. The quantitative estimate of drug-likeness (QED) is 0.747. The Morgan fingerprint density at radius 3 is 2.38 bits per heavy atom. The zero-order valence-electron chi connectivity index (χ0n) is 14.0. The van der Waals surface area contributed by atoms with E-state index in [1.807, 2.05) is 19.1 Å². The molecule has 0 aliphatic rings. The van der Waals surface area contributed by atoms with Gasteiger partial charge < -0.3 is 10.6 Å². The number of hydrogen-bond donors (Lipinski definition) is 2. The molecule has 0 radical (unpaired) electrons. The molecule has 26 heavy (non-hydrogen) atoms. The Labute approximate surface area is 149 Å². The molecule has 0 saturated carbocycles. The number of amides is 2. The summed E-state index contributed by atoms with van der Waals surface area (Å²) in [5.41, 5.74) is 1.69. The molecule has 0 fully saturated rings. The first-order valence-corrected chi connectivity index (χ1v) is 7.93. The van der Waals surface area contributed by atoms with E-state index in [1.165, 1.54) is 18.3 Å². The van der Waals surface area contributed by atoms with E-state index in [1.54, 1.807) is 30.3 Å². The molecule has 0 aliphatic carbocycles. The molecule has 6 heteroatoms. The van der Waals surface area contributed by atoms with Crippen molar-refractivity contribution in [2.45, 2.75) is 6.92 Å². The van der Waals surface area contributed by atoms with Gasteiger partial charge in [-0.2, -0.15) is 0 Å². The number of nitrogens with zero attached hydrogens (tertiary/aromatic N) is 1. The highest BCUT2D eigenvalue weighted by Gasteiger charge is 2.16. The van der Waals surface area contributed by atoms with Gasteiger partial charge in [-0.15, -0.1) is 0 Å². The molecule has 0 bridgehead atoms. The fourth-order valence-corrected chi connectivity index (χ4v) is 2.33. The summed E-state index contributed by atoms with van der Waals surface area (Å²) in [6, 6.07) is 15.6. The van der Waals surface area contributed by atoms with Gasteiger partial charge in [0.25, 0.3) is 11.8 Å². The first-order chi connectivity index (χ1) is 12.5. The largest absolute Gasteiger partial charge is 0.321 e. The van der Waals surface area contributed by atoms with Crippen LogP contribution in [0.4, 0.5) is 15.9 Å². The number of anilines is 2. The summed E-state index contributed by atoms with van der Waals surface area (Å²) in [7, 11) is 0. The van der Waals surface area contributed by atoms with Gasteiger partial charge in [-0.05, 0) is 49.4 Å². The molecule has 130 valence electrons. The van der Waals surface area contributed by atoms with Gasteiger partial charge in [0.2, 0.25) is 0 Å². The van der Waals surface area contributed by atoms with Crippen LogP contribution in [0.2, 0.25) is 0 Å². The lowest BCUT2D eigenvalue weighted by Gasteiger charge is -2.12. The fraction of sp³-hybridized carbons (Fsp3) is 0.0500. The smallest absolute Gasteiger partial charge is 0.259 e. The molecule has 1 heterocycles. The van der Waals surface area contributed by atoms with E-state index in [9.17, 15) is 14.0 Å². The number of aryl methyl sites for hydroxylation is 1. The fourth-order valence-electron chi connectivity index (χ4n) is 2.33. The number of hydrogen-bond acceptors (Lipinski definition) is 3. The van der Waals surface area contributed by atoms with Crippen LogP contribution >= 0.6 is 0 Å². The minimum absolute atomic E-state index is 0.0103. The second-order valence-electron chi connectivity index (χ2n) is 5.68. The van der Waals surface area contributed by atoms with Crippen molar-refractivity contribution >= 4 is 23.3 Å². The van der Waals surface area contributed by atoms with Crippen molar-refractivity contribution in [1.82, 2.24) is 4.98 Å². The van der Waals surface area contributed by atoms with Gasteiger partial charge in [0, 0.05) is 11.8 Å². The Bertz CT molecular complexity index is 941. The van der Waals surface area contributed by atoms with E-state index >= 15 is 0 Å². The third-order valence-electron chi connectivity index (χ3n) is 3.69. The van der Waals surface area contributed by atoms with Crippen LogP contribution < -0.4 is 10.6 Å². The molecule has 0 aliphatic heterocycles. The van der Waals surface area contributed by atoms with E-state index < -0.39 is 11.7 Å². The standard InChI is InChI=1S/C20H16FN3O2/c1-13-5-7-14(8-6-13)19(25)23-17-10-9-15(21)12-16(17)20(26)24-18-4-2-3-11-22-18/h2-12H,1H3,(H,23,25)(H,22,24,26). The van der Waals surface area contributed by atoms with E-state index in [4.69, 9.17) is 0 Å². The monoisotopic (exact) mass is 349 g/mol. The molecule has 2 aromatic carbocycles. The summed E-state index contributed by atoms with van der Waals surface area (Å²) in [6.07, 6.45) is 1.53. The number of halogens is 1. The summed E-state index contributed by atoms with van der Waals surface area (Å²) in [5, 5.41) is 5.23. The van der Waals surface area contributed by atoms with Crippen molar-refractivity contribution in [3.05, 3.63) is 89.4 Å². The first kappa shape index (κ1) is 17.3. The van der Waals surface area contributed by atoms with Crippen LogP contribution in [-0.4, -0.2) is 16.8 Å². The Hall–Kier alpha value is -3.54. The summed E-state index contributed by atoms with van der Waals surface area (Å²) < 4.78 is 13.6. The summed E-state index contributed by atoms with van der Waals surface area (Å²) >= 11 is 0. The van der Waals surface area contributed by atoms with Gasteiger partial charge in [-0.25, -0.2) is 9.37 Å². The summed E-state index contributed by atoms with van der Waals surface area (Å²) in [4.78, 5) is 28.9. The molecule has 5 nitrogen and oxygen atoms in total. The van der Waals surface area contributed by atoms with Crippen LogP contribution in [0.3, 0.4) is 0 Å². The van der Waals surface area contributed by atoms with Crippen molar-refractivity contribution in [2.75, 3.05) is 10.6 Å². The topological polar surface area (TPSA) is 71.1 Å². The normalized spacial score (nSPS) is 10.2. The maximum absolute atomic E-state index is 13.6. The van der Waals surface area contributed by atoms with Gasteiger partial charge in [0.15, 0.2) is 0 Å². The van der Waals surface area contributed by atoms with Crippen molar-refractivity contribution in [3.8, 4) is 0 Å². The molecule has 2 amide bonds. The van der Waals surface area contributed by atoms with Gasteiger partial charge >= 0.3 is 0 Å². The maximum Gasteiger partial charge on any atom is 0.259 e. The van der Waals surface area contributed by atoms with Crippen LogP contribution in [0.1, 0.15) is 26.3 Å². The molecule has 0 spiro atoms. The lowest BCUT2D eigenvalue weighted by Crippen LogP contribution is -2.19. The number of nitrogens with one attached hydrogen (secondary N) is 2. The number of pyridine rings is 1. The molecule has 3 aromatic rings. The first-order valence-electron chi connectivity index (χ1n) is 7.93. The lowest BCUT2D eigenvalue weighted by molar-refractivity contribution is 0.102. The Morgan fingerprint density at radius 1 is 0.923 bits per heavy atom. The maximum atomic E-state index is 13.6. The van der Waals surface area contributed by atoms with Crippen LogP contribution in [0.25, 0.3) is 0 Å². The molecule has 0 saturated heterocycles. The van der Waals surface area contributed by atoms with Crippen molar-refractivity contribution in [1.29, 1.82) is 0 Å². The predicted octanol–water partition coefficient (Wildman–Crippen LogP) is 4.03. The second-order valence-corrected chi connectivity index (χ2v) is 5.68. The van der Waals surface area contributed by atoms with Crippen LogP contribution in [0.5, 0.6) is 0 Å². The highest BCUT2D eigenvalue weighted by molar-refractivity contribution is 6.12. The Balaban J connectivity index is 1.84. The van der Waals surface area contributed by atoms with Crippen LogP contribution in [0.15, 0.2) is 66.9 Å². The van der Waals surface area contributed by atoms with Gasteiger partial charge in [-0.1, -0.05) is 23.8 Å². The van der Waals surface area contributed by atoms with Crippen molar-refractivity contribution in [2.24, 2.45) is 0 Å². The number of benzene rings is 2.